The molecule has 1 amide bonds. The average Bonchev–Trinajstić information content (AvgIpc) is 2.34. The van der Waals surface area contributed by atoms with Gasteiger partial charge in [-0.2, -0.15) is 0 Å². The Bertz CT molecular complexity index is 459. The zero-order chi connectivity index (χ0) is 13.5. The van der Waals surface area contributed by atoms with Gasteiger partial charge in [-0.3, -0.25) is 14.0 Å². The minimum absolute atomic E-state index is 0.0351. The molecule has 98 valence electrons. The quantitative estimate of drug-likeness (QED) is 0.724. The van der Waals surface area contributed by atoms with Crippen molar-refractivity contribution in [3.05, 3.63) is 29.6 Å². The molecule has 1 aromatic heterocycles. The van der Waals surface area contributed by atoms with Crippen LogP contribution in [0.3, 0.4) is 0 Å². The zero-order valence-corrected chi connectivity index (χ0v) is 10.7. The van der Waals surface area contributed by atoms with Gasteiger partial charge in [0.05, 0.1) is 5.56 Å². The molecule has 1 aromatic rings. The fourth-order valence-electron chi connectivity index (χ4n) is 1.22. The second-order valence-corrected chi connectivity index (χ2v) is 5.18. The molecule has 1 unspecified atom stereocenters. The number of nitrogens with one attached hydrogen (secondary N) is 1. The Hall–Kier alpha value is -1.76. The number of carboxylic acid groups (broad SMARTS) is 1. The highest BCUT2D eigenvalue weighted by Gasteiger charge is 2.08. The summed E-state index contributed by atoms with van der Waals surface area (Å²) in [6, 6.07) is 2.68. The molecule has 0 saturated carbocycles. The van der Waals surface area contributed by atoms with Crippen LogP contribution >= 0.6 is 0 Å². The number of aromatic nitrogens is 1. The van der Waals surface area contributed by atoms with E-state index in [4.69, 9.17) is 5.11 Å². The molecule has 0 bridgehead atoms. The van der Waals surface area contributed by atoms with Crippen LogP contribution in [0.25, 0.3) is 0 Å². The first kappa shape index (κ1) is 14.3. The molecule has 7 heteroatoms. The first-order valence-electron chi connectivity index (χ1n) is 5.28. The van der Waals surface area contributed by atoms with E-state index in [1.807, 2.05) is 0 Å². The number of carboxylic acids is 1. The molecule has 1 rings (SSSR count). The van der Waals surface area contributed by atoms with E-state index in [0.29, 0.717) is 18.7 Å². The van der Waals surface area contributed by atoms with E-state index in [1.54, 1.807) is 6.26 Å². The molecule has 0 saturated heterocycles. The predicted molar refractivity (Wildman–Crippen MR) is 67.1 cm³/mol. The van der Waals surface area contributed by atoms with Crippen molar-refractivity contribution in [3.63, 3.8) is 0 Å². The number of pyridine rings is 1. The molecule has 0 aliphatic rings. The van der Waals surface area contributed by atoms with Crippen molar-refractivity contribution in [1.29, 1.82) is 0 Å². The van der Waals surface area contributed by atoms with Crippen LogP contribution in [-0.4, -0.2) is 44.7 Å². The SMILES string of the molecule is CS(=O)CCCNC(=O)c1ccc(C(=O)O)cn1. The molecular formula is C11H14N2O4S. The standard InChI is InChI=1S/C11H14N2O4S/c1-18(17)6-2-5-12-10(14)9-4-3-8(7-13-9)11(15)16/h3-4,7H,2,5-6H2,1H3,(H,12,14)(H,15,16). The van der Waals surface area contributed by atoms with Gasteiger partial charge in [0.15, 0.2) is 0 Å². The van der Waals surface area contributed by atoms with E-state index in [2.05, 4.69) is 10.3 Å². The lowest BCUT2D eigenvalue weighted by atomic mass is 10.2. The lowest BCUT2D eigenvalue weighted by molar-refractivity contribution is 0.0695. The number of hydrogen-bond acceptors (Lipinski definition) is 4. The first-order chi connectivity index (χ1) is 8.50. The molecule has 6 nitrogen and oxygen atoms in total. The van der Waals surface area contributed by atoms with Crippen LogP contribution in [0.5, 0.6) is 0 Å². The number of aromatic carboxylic acids is 1. The summed E-state index contributed by atoms with van der Waals surface area (Å²) in [5.74, 6) is -0.917. The maximum absolute atomic E-state index is 11.6. The third-order valence-corrected chi connectivity index (χ3v) is 3.00. The van der Waals surface area contributed by atoms with E-state index >= 15 is 0 Å². The Morgan fingerprint density at radius 1 is 1.44 bits per heavy atom. The van der Waals surface area contributed by atoms with Crippen molar-refractivity contribution >= 4 is 22.7 Å². The Morgan fingerprint density at radius 2 is 2.17 bits per heavy atom. The zero-order valence-electron chi connectivity index (χ0n) is 9.88. The minimum atomic E-state index is -1.08. The number of amides is 1. The van der Waals surface area contributed by atoms with Crippen LogP contribution in [0, 0.1) is 0 Å². The molecule has 2 N–H and O–H groups in total. The van der Waals surface area contributed by atoms with Gasteiger partial charge in [-0.15, -0.1) is 0 Å². The number of nitrogens with zero attached hydrogens (tertiary/aromatic N) is 1. The lowest BCUT2D eigenvalue weighted by Gasteiger charge is -2.04. The molecule has 0 fully saturated rings. The molecule has 0 aromatic carbocycles. The van der Waals surface area contributed by atoms with Crippen LogP contribution in [-0.2, 0) is 10.8 Å². The first-order valence-corrected chi connectivity index (χ1v) is 7.01. The van der Waals surface area contributed by atoms with Crippen LogP contribution in [0.1, 0.15) is 27.3 Å². The highest BCUT2D eigenvalue weighted by Crippen LogP contribution is 2.00. The second kappa shape index (κ2) is 6.85. The third-order valence-electron chi connectivity index (χ3n) is 2.14. The molecule has 1 heterocycles. The van der Waals surface area contributed by atoms with Crippen molar-refractivity contribution in [3.8, 4) is 0 Å². The highest BCUT2D eigenvalue weighted by atomic mass is 32.2. The van der Waals surface area contributed by atoms with Gasteiger partial charge >= 0.3 is 5.97 Å². The van der Waals surface area contributed by atoms with Crippen LogP contribution in [0.15, 0.2) is 18.3 Å². The third kappa shape index (κ3) is 4.62. The Morgan fingerprint density at radius 3 is 2.67 bits per heavy atom. The fourth-order valence-corrected chi connectivity index (χ4v) is 1.77. The number of rotatable bonds is 6. The molecule has 0 radical (unpaired) electrons. The van der Waals surface area contributed by atoms with Gasteiger partial charge in [-0.1, -0.05) is 0 Å². The van der Waals surface area contributed by atoms with Gasteiger partial charge in [0.25, 0.3) is 5.91 Å². The summed E-state index contributed by atoms with van der Waals surface area (Å²) in [6.45, 7) is 0.417. The van der Waals surface area contributed by atoms with E-state index in [-0.39, 0.29) is 17.2 Å². The van der Waals surface area contributed by atoms with Crippen molar-refractivity contribution in [2.24, 2.45) is 0 Å². The van der Waals surface area contributed by atoms with E-state index in [0.717, 1.165) is 6.20 Å². The number of hydrogen-bond donors (Lipinski definition) is 2. The van der Waals surface area contributed by atoms with Crippen molar-refractivity contribution in [2.75, 3.05) is 18.6 Å². The second-order valence-electron chi connectivity index (χ2n) is 3.62. The average molecular weight is 270 g/mol. The topological polar surface area (TPSA) is 96.4 Å². The van der Waals surface area contributed by atoms with Gasteiger partial charge < -0.3 is 10.4 Å². The van der Waals surface area contributed by atoms with Gasteiger partial charge in [-0.25, -0.2) is 4.79 Å². The normalized spacial score (nSPS) is 11.8. The lowest BCUT2D eigenvalue weighted by Crippen LogP contribution is -2.26. The van der Waals surface area contributed by atoms with Gasteiger partial charge in [-0.05, 0) is 18.6 Å². The van der Waals surface area contributed by atoms with Crippen molar-refractivity contribution < 1.29 is 18.9 Å². The number of carbonyl (C=O) groups excluding carboxylic acids is 1. The van der Waals surface area contributed by atoms with E-state index < -0.39 is 16.8 Å². The fraction of sp³-hybridized carbons (Fsp3) is 0.364. The smallest absolute Gasteiger partial charge is 0.337 e. The minimum Gasteiger partial charge on any atom is -0.478 e. The van der Waals surface area contributed by atoms with E-state index in [1.165, 1.54) is 12.1 Å². The molecule has 1 atom stereocenters. The van der Waals surface area contributed by atoms with Crippen LogP contribution in [0.4, 0.5) is 0 Å². The summed E-state index contributed by atoms with van der Waals surface area (Å²) in [4.78, 5) is 25.9. The summed E-state index contributed by atoms with van der Waals surface area (Å²) < 4.78 is 10.8. The van der Waals surface area contributed by atoms with Gasteiger partial charge in [0.2, 0.25) is 0 Å². The van der Waals surface area contributed by atoms with E-state index in [9.17, 15) is 13.8 Å². The molecule has 18 heavy (non-hydrogen) atoms. The maximum atomic E-state index is 11.6. The molecule has 0 aliphatic carbocycles. The largest absolute Gasteiger partial charge is 0.478 e. The summed E-state index contributed by atoms with van der Waals surface area (Å²) >= 11 is 0. The summed E-state index contributed by atoms with van der Waals surface area (Å²) in [7, 11) is -0.865. The van der Waals surface area contributed by atoms with Crippen molar-refractivity contribution in [1.82, 2.24) is 10.3 Å². The van der Waals surface area contributed by atoms with Crippen LogP contribution < -0.4 is 5.32 Å². The highest BCUT2D eigenvalue weighted by molar-refractivity contribution is 7.84. The molecule has 0 spiro atoms. The summed E-state index contributed by atoms with van der Waals surface area (Å²) in [5, 5.41) is 11.3. The predicted octanol–water partition coefficient (Wildman–Crippen LogP) is 0.278. The van der Waals surface area contributed by atoms with Gasteiger partial charge in [0, 0.05) is 35.5 Å². The van der Waals surface area contributed by atoms with Crippen molar-refractivity contribution in [2.45, 2.75) is 6.42 Å². The maximum Gasteiger partial charge on any atom is 0.337 e. The van der Waals surface area contributed by atoms with Crippen LogP contribution in [0.2, 0.25) is 0 Å². The Kier molecular flexibility index (Phi) is 5.44. The Labute approximate surface area is 107 Å². The summed E-state index contributed by atoms with van der Waals surface area (Å²) in [5.41, 5.74) is 0.200. The monoisotopic (exact) mass is 270 g/mol. The molecule has 0 aliphatic heterocycles. The van der Waals surface area contributed by atoms with Gasteiger partial charge in [0.1, 0.15) is 5.69 Å². The Balaban J connectivity index is 2.46. The summed E-state index contributed by atoms with van der Waals surface area (Å²) in [6.07, 6.45) is 3.37. The molecular weight excluding hydrogens is 256 g/mol. The number of carbonyl (C=O) groups is 2.